The molecule has 5 rings (SSSR count). The summed E-state index contributed by atoms with van der Waals surface area (Å²) in [6.07, 6.45) is 4.95. The molecule has 2 aromatic rings. The van der Waals surface area contributed by atoms with Crippen molar-refractivity contribution < 1.29 is 23.8 Å². The van der Waals surface area contributed by atoms with Crippen molar-refractivity contribution >= 4 is 11.7 Å². The number of Topliss-reactive ketones (excluding diaryl/α,β-unsaturated/α-hetero) is 1. The van der Waals surface area contributed by atoms with Gasteiger partial charge in [0, 0.05) is 0 Å². The number of rotatable bonds is 3. The number of ether oxygens (including phenoxy) is 1. The van der Waals surface area contributed by atoms with Crippen LogP contribution in [0, 0.1) is 5.92 Å². The second kappa shape index (κ2) is 6.55. The molecule has 1 aromatic carbocycles. The van der Waals surface area contributed by atoms with Gasteiger partial charge < -0.3 is 19.2 Å². The summed E-state index contributed by atoms with van der Waals surface area (Å²) in [6, 6.07) is 9.69. The van der Waals surface area contributed by atoms with Gasteiger partial charge in [-0.2, -0.15) is 0 Å². The molecular formula is C22H21NO5. The fourth-order valence-electron chi connectivity index (χ4n) is 4.67. The third-order valence-corrected chi connectivity index (χ3v) is 5.95. The number of furan rings is 1. The van der Waals surface area contributed by atoms with Crippen LogP contribution in [0.2, 0.25) is 0 Å². The topological polar surface area (TPSA) is 80.0 Å². The third kappa shape index (κ3) is 2.63. The van der Waals surface area contributed by atoms with Gasteiger partial charge in [0.05, 0.1) is 30.3 Å². The zero-order chi connectivity index (χ0) is 19.3. The second-order valence-electron chi connectivity index (χ2n) is 7.66. The summed E-state index contributed by atoms with van der Waals surface area (Å²) in [5.41, 5.74) is 1.11. The minimum absolute atomic E-state index is 0.00888. The molecule has 1 saturated carbocycles. The maximum Gasteiger partial charge on any atom is 0.290 e. The van der Waals surface area contributed by atoms with Crippen LogP contribution < -0.4 is 0 Å². The first-order chi connectivity index (χ1) is 13.6. The molecule has 1 amide bonds. The largest absolute Gasteiger partial charge is 0.508 e. The average molecular weight is 379 g/mol. The molecule has 144 valence electrons. The van der Waals surface area contributed by atoms with Crippen LogP contribution in [0.15, 0.2) is 58.4 Å². The van der Waals surface area contributed by atoms with Crippen molar-refractivity contribution in [1.29, 1.82) is 0 Å². The van der Waals surface area contributed by atoms with Crippen LogP contribution in [0.1, 0.15) is 43.0 Å². The van der Waals surface area contributed by atoms with Gasteiger partial charge in [0.15, 0.2) is 11.5 Å². The quantitative estimate of drug-likeness (QED) is 0.883. The SMILES string of the molecule is O=C1C2=C(OC3CCCCC13)C(=O)N(Cc1ccco1)C2c1cccc(O)c1. The van der Waals surface area contributed by atoms with E-state index in [9.17, 15) is 14.7 Å². The highest BCUT2D eigenvalue weighted by Gasteiger charge is 2.52. The minimum Gasteiger partial charge on any atom is -0.508 e. The van der Waals surface area contributed by atoms with Gasteiger partial charge in [-0.25, -0.2) is 0 Å². The van der Waals surface area contributed by atoms with Crippen LogP contribution in [0.4, 0.5) is 0 Å². The molecule has 0 spiro atoms. The molecule has 28 heavy (non-hydrogen) atoms. The molecular weight excluding hydrogens is 358 g/mol. The van der Waals surface area contributed by atoms with Gasteiger partial charge in [-0.05, 0) is 49.1 Å². The molecule has 1 N–H and O–H groups in total. The molecule has 1 aliphatic carbocycles. The predicted octanol–water partition coefficient (Wildman–Crippen LogP) is 3.48. The number of nitrogens with zero attached hydrogens (tertiary/aromatic N) is 1. The lowest BCUT2D eigenvalue weighted by atomic mass is 9.77. The van der Waals surface area contributed by atoms with E-state index in [2.05, 4.69) is 0 Å². The fraction of sp³-hybridized carbons (Fsp3) is 0.364. The second-order valence-corrected chi connectivity index (χ2v) is 7.66. The Morgan fingerprint density at radius 2 is 1.96 bits per heavy atom. The number of phenolic OH excluding ortho intramolecular Hbond substituents is 1. The highest BCUT2D eigenvalue weighted by Crippen LogP contribution is 2.47. The number of benzene rings is 1. The summed E-state index contributed by atoms with van der Waals surface area (Å²) in [6.45, 7) is 0.227. The summed E-state index contributed by atoms with van der Waals surface area (Å²) in [5, 5.41) is 9.98. The molecule has 3 unspecified atom stereocenters. The number of fused-ring (bicyclic) bond motifs is 1. The number of ketones is 1. The van der Waals surface area contributed by atoms with Gasteiger partial charge in [-0.15, -0.1) is 0 Å². The van der Waals surface area contributed by atoms with Gasteiger partial charge in [0.1, 0.15) is 17.6 Å². The average Bonchev–Trinajstić information content (AvgIpc) is 3.30. The maximum atomic E-state index is 13.4. The first-order valence-corrected chi connectivity index (χ1v) is 9.71. The first kappa shape index (κ1) is 17.1. The van der Waals surface area contributed by atoms with Crippen LogP contribution in [-0.4, -0.2) is 27.8 Å². The number of carbonyl (C=O) groups excluding carboxylic acids is 2. The number of hydrogen-bond donors (Lipinski definition) is 1. The first-order valence-electron chi connectivity index (χ1n) is 9.71. The molecule has 3 atom stereocenters. The molecule has 6 heteroatoms. The molecule has 2 aliphatic heterocycles. The van der Waals surface area contributed by atoms with Crippen molar-refractivity contribution in [2.45, 2.75) is 44.4 Å². The smallest absolute Gasteiger partial charge is 0.290 e. The molecule has 6 nitrogen and oxygen atoms in total. The molecule has 1 fully saturated rings. The Labute approximate surface area is 162 Å². The van der Waals surface area contributed by atoms with E-state index in [1.165, 1.54) is 0 Å². The summed E-state index contributed by atoms with van der Waals surface area (Å²) >= 11 is 0. The number of phenols is 1. The zero-order valence-electron chi connectivity index (χ0n) is 15.3. The highest BCUT2D eigenvalue weighted by atomic mass is 16.5. The zero-order valence-corrected chi connectivity index (χ0v) is 15.3. The highest BCUT2D eigenvalue weighted by molar-refractivity contribution is 6.11. The van der Waals surface area contributed by atoms with E-state index >= 15 is 0 Å². The van der Waals surface area contributed by atoms with E-state index in [0.717, 1.165) is 25.7 Å². The molecule has 0 radical (unpaired) electrons. The van der Waals surface area contributed by atoms with Crippen LogP contribution in [-0.2, 0) is 20.9 Å². The number of amides is 1. The molecule has 1 aromatic heterocycles. The van der Waals surface area contributed by atoms with E-state index in [1.807, 2.05) is 6.07 Å². The summed E-state index contributed by atoms with van der Waals surface area (Å²) in [5.74, 6) is 0.420. The third-order valence-electron chi connectivity index (χ3n) is 5.95. The summed E-state index contributed by atoms with van der Waals surface area (Å²) in [7, 11) is 0. The lowest BCUT2D eigenvalue weighted by Gasteiger charge is -2.35. The van der Waals surface area contributed by atoms with E-state index in [4.69, 9.17) is 9.15 Å². The van der Waals surface area contributed by atoms with Crippen LogP contribution in [0.5, 0.6) is 5.75 Å². The fourth-order valence-corrected chi connectivity index (χ4v) is 4.67. The van der Waals surface area contributed by atoms with Gasteiger partial charge in [-0.3, -0.25) is 9.59 Å². The van der Waals surface area contributed by atoms with Crippen molar-refractivity contribution in [1.82, 2.24) is 4.90 Å². The standard InChI is InChI=1S/C22H21NO5/c24-14-6-3-5-13(11-14)19-18-20(25)16-8-1-2-9-17(16)28-21(18)22(26)23(19)12-15-7-4-10-27-15/h3-7,10-11,16-17,19,24H,1-2,8-9,12H2. The monoisotopic (exact) mass is 379 g/mol. The van der Waals surface area contributed by atoms with Crippen molar-refractivity contribution in [2.24, 2.45) is 5.92 Å². The maximum absolute atomic E-state index is 13.4. The Hall–Kier alpha value is -3.02. The number of aromatic hydroxyl groups is 1. The molecule has 0 bridgehead atoms. The van der Waals surface area contributed by atoms with Gasteiger partial charge >= 0.3 is 0 Å². The van der Waals surface area contributed by atoms with Crippen molar-refractivity contribution in [3.05, 3.63) is 65.3 Å². The molecule has 3 aliphatic rings. The Kier molecular flexibility index (Phi) is 4.00. The Bertz CT molecular complexity index is 961. The molecule has 3 heterocycles. The predicted molar refractivity (Wildman–Crippen MR) is 99.0 cm³/mol. The summed E-state index contributed by atoms with van der Waals surface area (Å²) in [4.78, 5) is 28.2. The number of carbonyl (C=O) groups is 2. The van der Waals surface area contributed by atoms with Crippen LogP contribution >= 0.6 is 0 Å². The van der Waals surface area contributed by atoms with E-state index < -0.39 is 6.04 Å². The molecule has 0 saturated heterocycles. The lowest BCUT2D eigenvalue weighted by Crippen LogP contribution is -2.39. The van der Waals surface area contributed by atoms with Gasteiger partial charge in [0.2, 0.25) is 0 Å². The van der Waals surface area contributed by atoms with E-state index in [1.54, 1.807) is 41.5 Å². The van der Waals surface area contributed by atoms with Crippen molar-refractivity contribution in [2.75, 3.05) is 0 Å². The Morgan fingerprint density at radius 1 is 1.11 bits per heavy atom. The number of hydrogen-bond acceptors (Lipinski definition) is 5. The normalized spacial score (nSPS) is 26.9. The van der Waals surface area contributed by atoms with Crippen LogP contribution in [0.3, 0.4) is 0 Å². The van der Waals surface area contributed by atoms with Crippen molar-refractivity contribution in [3.8, 4) is 5.75 Å². The minimum atomic E-state index is -0.588. The van der Waals surface area contributed by atoms with Crippen molar-refractivity contribution in [3.63, 3.8) is 0 Å². The van der Waals surface area contributed by atoms with Gasteiger partial charge in [0.25, 0.3) is 5.91 Å². The van der Waals surface area contributed by atoms with E-state index in [-0.39, 0.29) is 41.8 Å². The lowest BCUT2D eigenvalue weighted by molar-refractivity contribution is -0.135. The summed E-state index contributed by atoms with van der Waals surface area (Å²) < 4.78 is 11.5. The Morgan fingerprint density at radius 3 is 2.75 bits per heavy atom. The Balaban J connectivity index is 1.60. The van der Waals surface area contributed by atoms with Gasteiger partial charge in [-0.1, -0.05) is 18.6 Å². The van der Waals surface area contributed by atoms with E-state index in [0.29, 0.717) is 16.9 Å². The van der Waals surface area contributed by atoms with Crippen LogP contribution in [0.25, 0.3) is 0 Å².